The highest BCUT2D eigenvalue weighted by Gasteiger charge is 2.27. The fourth-order valence-corrected chi connectivity index (χ4v) is 3.34. The number of sulfonamides is 1. The van der Waals surface area contributed by atoms with Crippen LogP contribution in [0.2, 0.25) is 10.0 Å². The number of hydrogen-bond donors (Lipinski definition) is 2. The summed E-state index contributed by atoms with van der Waals surface area (Å²) in [6, 6.07) is 2.18. The summed E-state index contributed by atoms with van der Waals surface area (Å²) in [5.41, 5.74) is -0.498. The van der Waals surface area contributed by atoms with E-state index in [1.807, 2.05) is 0 Å². The van der Waals surface area contributed by atoms with Crippen LogP contribution in [0.4, 0.5) is 11.4 Å². The molecule has 8 nitrogen and oxygen atoms in total. The molecule has 0 atom stereocenters. The Balaban J connectivity index is 2.53. The average molecular weight is 337 g/mol. The number of aromatic nitrogens is 2. The van der Waals surface area contributed by atoms with E-state index in [2.05, 4.69) is 14.9 Å². The summed E-state index contributed by atoms with van der Waals surface area (Å²) in [5, 5.41) is 16.0. The van der Waals surface area contributed by atoms with Crippen molar-refractivity contribution in [1.29, 1.82) is 0 Å². The van der Waals surface area contributed by atoms with Crippen molar-refractivity contribution in [3.8, 4) is 0 Å². The van der Waals surface area contributed by atoms with E-state index in [1.165, 1.54) is 12.4 Å². The van der Waals surface area contributed by atoms with Crippen LogP contribution in [0.1, 0.15) is 0 Å². The zero-order valence-corrected chi connectivity index (χ0v) is 11.8. The number of nitro groups is 1. The third-order valence-electron chi connectivity index (χ3n) is 2.25. The van der Waals surface area contributed by atoms with E-state index < -0.39 is 30.6 Å². The first-order chi connectivity index (χ1) is 9.33. The fraction of sp³-hybridized carbons (Fsp3) is 0. The Labute approximate surface area is 122 Å². The van der Waals surface area contributed by atoms with Crippen LogP contribution in [-0.4, -0.2) is 23.5 Å². The standard InChI is InChI=1S/C9H6Cl2N4O4S/c10-6-1-2-7(8(11)9(6)15(16)17)20(18,19)14-5-3-12-13-4-5/h1-4,14H,(H,12,13). The maximum atomic E-state index is 12.1. The molecule has 2 N–H and O–H groups in total. The lowest BCUT2D eigenvalue weighted by molar-refractivity contribution is -0.384. The number of aromatic amines is 1. The van der Waals surface area contributed by atoms with Gasteiger partial charge in [-0.15, -0.1) is 0 Å². The molecule has 0 saturated heterocycles. The molecule has 1 aromatic carbocycles. The molecule has 2 rings (SSSR count). The van der Waals surface area contributed by atoms with Crippen molar-refractivity contribution in [2.24, 2.45) is 0 Å². The first kappa shape index (κ1) is 14.6. The maximum Gasteiger partial charge on any atom is 0.307 e. The molecule has 0 unspecified atom stereocenters. The monoisotopic (exact) mass is 336 g/mol. The Morgan fingerprint density at radius 1 is 1.35 bits per heavy atom. The molecule has 0 spiro atoms. The Morgan fingerprint density at radius 3 is 2.60 bits per heavy atom. The predicted octanol–water partition coefficient (Wildman–Crippen LogP) is 2.43. The molecule has 1 heterocycles. The number of nitro benzene ring substituents is 1. The van der Waals surface area contributed by atoms with Crippen LogP contribution >= 0.6 is 23.2 Å². The zero-order chi connectivity index (χ0) is 14.9. The van der Waals surface area contributed by atoms with Crippen molar-refractivity contribution >= 4 is 44.6 Å². The zero-order valence-electron chi connectivity index (χ0n) is 9.50. The molecule has 2 aromatic rings. The number of hydrogen-bond acceptors (Lipinski definition) is 5. The van der Waals surface area contributed by atoms with E-state index in [9.17, 15) is 18.5 Å². The first-order valence-corrected chi connectivity index (χ1v) is 7.21. The van der Waals surface area contributed by atoms with E-state index in [4.69, 9.17) is 23.2 Å². The lowest BCUT2D eigenvalue weighted by Crippen LogP contribution is -2.13. The minimum atomic E-state index is -4.09. The number of H-pyrrole nitrogens is 1. The Bertz CT molecular complexity index is 761. The molecule has 1 aromatic heterocycles. The average Bonchev–Trinajstić information content (AvgIpc) is 2.79. The van der Waals surface area contributed by atoms with Crippen molar-refractivity contribution in [2.75, 3.05) is 4.72 Å². The molecule has 0 radical (unpaired) electrons. The topological polar surface area (TPSA) is 118 Å². The summed E-state index contributed by atoms with van der Waals surface area (Å²) in [6.45, 7) is 0. The Hall–Kier alpha value is -1.84. The second-order valence-corrected chi connectivity index (χ2v) is 5.99. The Morgan fingerprint density at radius 2 is 2.05 bits per heavy atom. The SMILES string of the molecule is O=[N+]([O-])c1c(Cl)ccc(S(=O)(=O)Nc2cn[nH]c2)c1Cl. The van der Waals surface area contributed by atoms with Crippen LogP contribution in [0.25, 0.3) is 0 Å². The third kappa shape index (κ3) is 2.69. The van der Waals surface area contributed by atoms with E-state index in [-0.39, 0.29) is 10.7 Å². The summed E-state index contributed by atoms with van der Waals surface area (Å²) in [6.07, 6.45) is 2.53. The van der Waals surface area contributed by atoms with Gasteiger partial charge in [-0.25, -0.2) is 8.42 Å². The normalized spacial score (nSPS) is 11.3. The van der Waals surface area contributed by atoms with E-state index in [0.29, 0.717) is 0 Å². The molecular formula is C9H6Cl2N4O4S. The van der Waals surface area contributed by atoms with Gasteiger partial charge in [-0.05, 0) is 12.1 Å². The molecular weight excluding hydrogens is 331 g/mol. The second kappa shape index (κ2) is 5.27. The molecule has 0 bridgehead atoms. The van der Waals surface area contributed by atoms with E-state index >= 15 is 0 Å². The lowest BCUT2D eigenvalue weighted by atomic mass is 10.3. The summed E-state index contributed by atoms with van der Waals surface area (Å²) in [5.74, 6) is 0. The molecule has 0 aliphatic rings. The largest absolute Gasteiger partial charge is 0.307 e. The minimum Gasteiger partial charge on any atom is -0.284 e. The van der Waals surface area contributed by atoms with Gasteiger partial charge in [0.25, 0.3) is 10.0 Å². The summed E-state index contributed by atoms with van der Waals surface area (Å²) < 4.78 is 26.4. The fourth-order valence-electron chi connectivity index (χ4n) is 1.41. The van der Waals surface area contributed by atoms with Crippen molar-refractivity contribution in [1.82, 2.24) is 10.2 Å². The quantitative estimate of drug-likeness (QED) is 0.656. The second-order valence-electron chi connectivity index (χ2n) is 3.56. The van der Waals surface area contributed by atoms with Gasteiger partial charge in [-0.1, -0.05) is 23.2 Å². The van der Waals surface area contributed by atoms with Crippen molar-refractivity contribution in [3.05, 3.63) is 44.7 Å². The molecule has 0 aliphatic heterocycles. The number of nitrogens with zero attached hydrogens (tertiary/aromatic N) is 2. The number of rotatable bonds is 4. The van der Waals surface area contributed by atoms with Crippen molar-refractivity contribution in [2.45, 2.75) is 4.90 Å². The molecule has 11 heteroatoms. The molecule has 0 fully saturated rings. The number of halogens is 2. The predicted molar refractivity (Wildman–Crippen MR) is 72.5 cm³/mol. The van der Waals surface area contributed by atoms with Crippen molar-refractivity contribution < 1.29 is 13.3 Å². The van der Waals surface area contributed by atoms with Gasteiger partial charge in [-0.2, -0.15) is 5.10 Å². The highest BCUT2D eigenvalue weighted by Crippen LogP contribution is 2.37. The Kier molecular flexibility index (Phi) is 3.84. The number of anilines is 1. The van der Waals surface area contributed by atoms with Gasteiger partial charge in [-0.3, -0.25) is 19.9 Å². The smallest absolute Gasteiger partial charge is 0.284 e. The summed E-state index contributed by atoms with van der Waals surface area (Å²) in [4.78, 5) is 9.55. The molecule has 0 aliphatic carbocycles. The summed E-state index contributed by atoms with van der Waals surface area (Å²) >= 11 is 11.4. The lowest BCUT2D eigenvalue weighted by Gasteiger charge is -2.08. The molecule has 0 amide bonds. The number of nitrogens with one attached hydrogen (secondary N) is 2. The maximum absolute atomic E-state index is 12.1. The summed E-state index contributed by atoms with van der Waals surface area (Å²) in [7, 11) is -4.09. The van der Waals surface area contributed by atoms with Gasteiger partial charge in [0.2, 0.25) is 0 Å². The molecule has 0 saturated carbocycles. The van der Waals surface area contributed by atoms with Gasteiger partial charge in [0.15, 0.2) is 0 Å². The van der Waals surface area contributed by atoms with Crippen molar-refractivity contribution in [3.63, 3.8) is 0 Å². The highest BCUT2D eigenvalue weighted by atomic mass is 35.5. The van der Waals surface area contributed by atoms with Crippen LogP contribution in [0.3, 0.4) is 0 Å². The minimum absolute atomic E-state index is 0.165. The van der Waals surface area contributed by atoms with Crippen LogP contribution in [-0.2, 0) is 10.0 Å². The van der Waals surface area contributed by atoms with Crippen LogP contribution in [0.5, 0.6) is 0 Å². The van der Waals surface area contributed by atoms with Gasteiger partial charge in [0.1, 0.15) is 14.9 Å². The van der Waals surface area contributed by atoms with E-state index in [1.54, 1.807) is 0 Å². The van der Waals surface area contributed by atoms with Gasteiger partial charge < -0.3 is 0 Å². The first-order valence-electron chi connectivity index (χ1n) is 4.97. The van der Waals surface area contributed by atoms with Crippen LogP contribution in [0, 0.1) is 10.1 Å². The van der Waals surface area contributed by atoms with E-state index in [0.717, 1.165) is 12.1 Å². The van der Waals surface area contributed by atoms with Gasteiger partial charge in [0, 0.05) is 6.20 Å². The van der Waals surface area contributed by atoms with Gasteiger partial charge >= 0.3 is 5.69 Å². The van der Waals surface area contributed by atoms with Crippen LogP contribution in [0.15, 0.2) is 29.4 Å². The van der Waals surface area contributed by atoms with Crippen LogP contribution < -0.4 is 4.72 Å². The highest BCUT2D eigenvalue weighted by molar-refractivity contribution is 7.92. The molecule has 106 valence electrons. The van der Waals surface area contributed by atoms with Gasteiger partial charge in [0.05, 0.1) is 16.8 Å². The number of benzene rings is 1. The third-order valence-corrected chi connectivity index (χ3v) is 4.48. The molecule has 20 heavy (non-hydrogen) atoms.